The van der Waals surface area contributed by atoms with Crippen molar-refractivity contribution >= 4 is 34.2 Å². The molecule has 1 rings (SSSR count). The summed E-state index contributed by atoms with van der Waals surface area (Å²) in [5.74, 6) is 0.842. The van der Waals surface area contributed by atoms with E-state index in [2.05, 4.69) is 39.5 Å². The summed E-state index contributed by atoms with van der Waals surface area (Å²) in [6.07, 6.45) is 2.91. The van der Waals surface area contributed by atoms with Crippen molar-refractivity contribution in [2.24, 2.45) is 0 Å². The van der Waals surface area contributed by atoms with Crippen LogP contribution in [0.25, 0.3) is 0 Å². The smallest absolute Gasteiger partial charge is 0.146 e. The van der Waals surface area contributed by atoms with Gasteiger partial charge in [0.25, 0.3) is 0 Å². The van der Waals surface area contributed by atoms with Gasteiger partial charge in [-0.3, -0.25) is 0 Å². The fourth-order valence-electron chi connectivity index (χ4n) is 1.07. The van der Waals surface area contributed by atoms with Gasteiger partial charge < -0.3 is 0 Å². The number of hydrogen-bond acceptors (Lipinski definition) is 2. The number of halogens is 2. The minimum absolute atomic E-state index is 0.593. The van der Waals surface area contributed by atoms with E-state index in [0.29, 0.717) is 5.15 Å². The second kappa shape index (κ2) is 5.10. The Morgan fingerprint density at radius 1 is 1.31 bits per heavy atom. The minimum Gasteiger partial charge on any atom is -0.237 e. The van der Waals surface area contributed by atoms with Crippen LogP contribution in [0.15, 0.2) is 0 Å². The predicted molar refractivity (Wildman–Crippen MR) is 63.1 cm³/mol. The summed E-state index contributed by atoms with van der Waals surface area (Å²) in [5.41, 5.74) is 1.08. The first-order valence-corrected chi connectivity index (χ1v) is 5.85. The Bertz CT molecular complexity index is 302. The highest BCUT2D eigenvalue weighted by atomic mass is 127. The van der Waals surface area contributed by atoms with E-state index in [1.807, 2.05) is 6.92 Å². The van der Waals surface area contributed by atoms with Crippen molar-refractivity contribution < 1.29 is 0 Å². The van der Waals surface area contributed by atoms with Gasteiger partial charge in [0.2, 0.25) is 0 Å². The molecule has 0 bridgehead atoms. The van der Waals surface area contributed by atoms with E-state index in [4.69, 9.17) is 11.6 Å². The number of aromatic nitrogens is 2. The van der Waals surface area contributed by atoms with E-state index in [9.17, 15) is 0 Å². The van der Waals surface area contributed by atoms with Crippen molar-refractivity contribution in [1.29, 1.82) is 0 Å². The fourth-order valence-corrected chi connectivity index (χ4v) is 1.79. The predicted octanol–water partition coefficient (Wildman–Crippen LogP) is 3.25. The molecule has 0 aromatic carbocycles. The Hall–Kier alpha value is 0.100. The van der Waals surface area contributed by atoms with E-state index in [1.165, 1.54) is 0 Å². The Morgan fingerprint density at radius 2 is 2.00 bits per heavy atom. The molecule has 0 atom stereocenters. The second-order valence-corrected chi connectivity index (χ2v) is 4.23. The molecular formula is C9H12ClIN2. The van der Waals surface area contributed by atoms with Gasteiger partial charge in [0.05, 0.1) is 9.26 Å². The van der Waals surface area contributed by atoms with E-state index < -0.39 is 0 Å². The Labute approximate surface area is 97.3 Å². The van der Waals surface area contributed by atoms with Crippen LogP contribution in [-0.4, -0.2) is 9.97 Å². The summed E-state index contributed by atoms with van der Waals surface area (Å²) < 4.78 is 0.998. The van der Waals surface area contributed by atoms with Gasteiger partial charge in [0, 0.05) is 6.42 Å². The van der Waals surface area contributed by atoms with E-state index in [-0.39, 0.29) is 0 Å². The van der Waals surface area contributed by atoms with E-state index >= 15 is 0 Å². The molecule has 0 spiro atoms. The topological polar surface area (TPSA) is 25.8 Å². The molecule has 0 unspecified atom stereocenters. The highest BCUT2D eigenvalue weighted by molar-refractivity contribution is 14.1. The molecule has 0 N–H and O–H groups in total. The second-order valence-electron chi connectivity index (χ2n) is 2.79. The summed E-state index contributed by atoms with van der Waals surface area (Å²) >= 11 is 8.18. The zero-order valence-electron chi connectivity index (χ0n) is 7.77. The lowest BCUT2D eigenvalue weighted by Crippen LogP contribution is -2.02. The van der Waals surface area contributed by atoms with Crippen molar-refractivity contribution in [2.75, 3.05) is 0 Å². The van der Waals surface area contributed by atoms with Gasteiger partial charge in [-0.2, -0.15) is 0 Å². The monoisotopic (exact) mass is 310 g/mol. The fraction of sp³-hybridized carbons (Fsp3) is 0.556. The Kier molecular flexibility index (Phi) is 4.38. The van der Waals surface area contributed by atoms with Crippen LogP contribution in [0.1, 0.15) is 31.8 Å². The van der Waals surface area contributed by atoms with Crippen LogP contribution in [0.2, 0.25) is 5.15 Å². The van der Waals surface area contributed by atoms with Crippen molar-refractivity contribution in [2.45, 2.75) is 33.1 Å². The maximum absolute atomic E-state index is 5.97. The van der Waals surface area contributed by atoms with Gasteiger partial charge in [0.1, 0.15) is 11.0 Å². The van der Waals surface area contributed by atoms with E-state index in [0.717, 1.165) is 34.4 Å². The molecule has 13 heavy (non-hydrogen) atoms. The first-order valence-electron chi connectivity index (χ1n) is 4.39. The van der Waals surface area contributed by atoms with Gasteiger partial charge in [-0.15, -0.1) is 0 Å². The van der Waals surface area contributed by atoms with Gasteiger partial charge in [-0.25, -0.2) is 9.97 Å². The lowest BCUT2D eigenvalue weighted by Gasteiger charge is -2.05. The number of hydrogen-bond donors (Lipinski definition) is 0. The molecule has 1 aromatic heterocycles. The zero-order chi connectivity index (χ0) is 9.84. The van der Waals surface area contributed by atoms with Crippen LogP contribution in [-0.2, 0) is 12.8 Å². The lowest BCUT2D eigenvalue weighted by molar-refractivity contribution is 0.825. The van der Waals surface area contributed by atoms with Crippen LogP contribution in [0.5, 0.6) is 0 Å². The van der Waals surface area contributed by atoms with Crippen molar-refractivity contribution in [3.05, 3.63) is 20.2 Å². The van der Waals surface area contributed by atoms with Gasteiger partial charge in [-0.05, 0) is 29.0 Å². The maximum atomic E-state index is 5.97. The molecule has 0 radical (unpaired) electrons. The standard InChI is InChI=1S/C9H12ClIN2/c1-3-5-6-8(11)9(10)13-7(4-2)12-6/h3-5H2,1-2H3. The summed E-state index contributed by atoms with van der Waals surface area (Å²) in [6, 6.07) is 0. The Morgan fingerprint density at radius 3 is 2.54 bits per heavy atom. The van der Waals surface area contributed by atoms with Crippen LogP contribution in [0, 0.1) is 3.57 Å². The molecule has 1 aromatic rings. The third-order valence-electron chi connectivity index (χ3n) is 1.73. The highest BCUT2D eigenvalue weighted by Gasteiger charge is 2.08. The average molecular weight is 311 g/mol. The molecule has 4 heteroatoms. The maximum Gasteiger partial charge on any atom is 0.146 e. The summed E-state index contributed by atoms with van der Waals surface area (Å²) in [6.45, 7) is 4.17. The SMILES string of the molecule is CCCc1nc(CC)nc(Cl)c1I. The molecule has 0 amide bonds. The number of aryl methyl sites for hydroxylation is 2. The van der Waals surface area contributed by atoms with Crippen LogP contribution >= 0.6 is 34.2 Å². The highest BCUT2D eigenvalue weighted by Crippen LogP contribution is 2.20. The number of rotatable bonds is 3. The third-order valence-corrected chi connectivity index (χ3v) is 3.45. The quantitative estimate of drug-likeness (QED) is 0.632. The minimum atomic E-state index is 0.593. The van der Waals surface area contributed by atoms with Crippen molar-refractivity contribution in [3.63, 3.8) is 0 Å². The first-order chi connectivity index (χ1) is 6.19. The third kappa shape index (κ3) is 2.77. The van der Waals surface area contributed by atoms with Crippen LogP contribution < -0.4 is 0 Å². The van der Waals surface area contributed by atoms with Crippen molar-refractivity contribution in [3.8, 4) is 0 Å². The molecule has 0 fully saturated rings. The van der Waals surface area contributed by atoms with Crippen LogP contribution in [0.3, 0.4) is 0 Å². The van der Waals surface area contributed by atoms with E-state index in [1.54, 1.807) is 0 Å². The summed E-state index contributed by atoms with van der Waals surface area (Å²) in [4.78, 5) is 8.62. The molecule has 2 nitrogen and oxygen atoms in total. The average Bonchev–Trinajstić information content (AvgIpc) is 2.13. The molecule has 0 aliphatic heterocycles. The molecule has 72 valence electrons. The zero-order valence-corrected chi connectivity index (χ0v) is 10.7. The summed E-state index contributed by atoms with van der Waals surface area (Å²) in [7, 11) is 0. The molecular weight excluding hydrogens is 298 g/mol. The summed E-state index contributed by atoms with van der Waals surface area (Å²) in [5, 5.41) is 0.593. The van der Waals surface area contributed by atoms with Gasteiger partial charge in [0.15, 0.2) is 0 Å². The number of nitrogens with zero attached hydrogens (tertiary/aromatic N) is 2. The molecule has 0 aliphatic carbocycles. The lowest BCUT2D eigenvalue weighted by atomic mass is 10.2. The van der Waals surface area contributed by atoms with Gasteiger partial charge in [-0.1, -0.05) is 31.9 Å². The molecule has 0 saturated carbocycles. The normalized spacial score (nSPS) is 10.5. The molecule has 0 aliphatic rings. The molecule has 1 heterocycles. The molecule has 0 saturated heterocycles. The van der Waals surface area contributed by atoms with Crippen molar-refractivity contribution in [1.82, 2.24) is 9.97 Å². The van der Waals surface area contributed by atoms with Crippen LogP contribution in [0.4, 0.5) is 0 Å². The van der Waals surface area contributed by atoms with Gasteiger partial charge >= 0.3 is 0 Å². The first kappa shape index (κ1) is 11.2. The largest absolute Gasteiger partial charge is 0.237 e. The Balaban J connectivity index is 3.09.